The van der Waals surface area contributed by atoms with E-state index in [0.29, 0.717) is 31.9 Å². The van der Waals surface area contributed by atoms with Gasteiger partial charge in [-0.1, -0.05) is 41.5 Å². The molecule has 1 aromatic carbocycles. The van der Waals surface area contributed by atoms with E-state index in [0.717, 1.165) is 5.69 Å². The SMILES string of the molecule is CC(C)(C)CN(CC(C)(C)C)[C@H](C(N)=O)C(=O)Nc1ccc(N2CCOCC2=O)cc1. The summed E-state index contributed by atoms with van der Waals surface area (Å²) < 4.78 is 5.15. The number of nitrogens with two attached hydrogens (primary N) is 1. The van der Waals surface area contributed by atoms with Gasteiger partial charge in [-0.25, -0.2) is 0 Å². The Hall–Kier alpha value is -2.45. The molecule has 1 aromatic rings. The number of anilines is 2. The van der Waals surface area contributed by atoms with Gasteiger partial charge in [-0.05, 0) is 35.1 Å². The van der Waals surface area contributed by atoms with Crippen LogP contribution in [0.25, 0.3) is 0 Å². The van der Waals surface area contributed by atoms with Crippen LogP contribution < -0.4 is 16.0 Å². The zero-order valence-corrected chi connectivity index (χ0v) is 19.5. The van der Waals surface area contributed by atoms with Crippen LogP contribution in [0.3, 0.4) is 0 Å². The predicted molar refractivity (Wildman–Crippen MR) is 122 cm³/mol. The molecular formula is C23H36N4O4. The summed E-state index contributed by atoms with van der Waals surface area (Å²) in [6.07, 6.45) is 0. The molecule has 0 unspecified atom stereocenters. The second-order valence-corrected chi connectivity index (χ2v) is 10.5. The number of nitrogens with zero attached hydrogens (tertiary/aromatic N) is 2. The summed E-state index contributed by atoms with van der Waals surface area (Å²) in [5.41, 5.74) is 6.70. The van der Waals surface area contributed by atoms with Crippen LogP contribution in [0.2, 0.25) is 0 Å². The van der Waals surface area contributed by atoms with Gasteiger partial charge in [0.1, 0.15) is 6.61 Å². The molecule has 0 aromatic heterocycles. The van der Waals surface area contributed by atoms with E-state index in [1.807, 2.05) is 4.90 Å². The monoisotopic (exact) mass is 432 g/mol. The van der Waals surface area contributed by atoms with Crippen LogP contribution in [-0.2, 0) is 19.1 Å². The van der Waals surface area contributed by atoms with Gasteiger partial charge < -0.3 is 20.7 Å². The molecule has 1 fully saturated rings. The number of carbonyl (C=O) groups excluding carboxylic acids is 3. The van der Waals surface area contributed by atoms with Gasteiger partial charge in [0.25, 0.3) is 11.8 Å². The van der Waals surface area contributed by atoms with Gasteiger partial charge in [-0.2, -0.15) is 0 Å². The molecule has 172 valence electrons. The zero-order chi connectivity index (χ0) is 23.4. The Labute approximate surface area is 185 Å². The lowest BCUT2D eigenvalue weighted by molar-refractivity contribution is -0.133. The molecule has 0 spiro atoms. The van der Waals surface area contributed by atoms with Gasteiger partial charge in [-0.3, -0.25) is 19.3 Å². The Kier molecular flexibility index (Phi) is 7.83. The first kappa shape index (κ1) is 24.8. The van der Waals surface area contributed by atoms with Crippen molar-refractivity contribution >= 4 is 29.1 Å². The van der Waals surface area contributed by atoms with Crippen LogP contribution in [0.4, 0.5) is 11.4 Å². The highest BCUT2D eigenvalue weighted by Crippen LogP contribution is 2.24. The Bertz CT molecular complexity index is 777. The van der Waals surface area contributed by atoms with Crippen molar-refractivity contribution in [1.29, 1.82) is 0 Å². The molecule has 3 amide bonds. The second kappa shape index (κ2) is 9.78. The van der Waals surface area contributed by atoms with Crippen LogP contribution in [0.5, 0.6) is 0 Å². The number of carbonyl (C=O) groups is 3. The van der Waals surface area contributed by atoms with E-state index >= 15 is 0 Å². The first-order chi connectivity index (χ1) is 14.3. The molecule has 0 saturated carbocycles. The van der Waals surface area contributed by atoms with Crippen LogP contribution in [-0.4, -0.2) is 61.5 Å². The number of hydrogen-bond donors (Lipinski definition) is 2. The Morgan fingerprint density at radius 1 is 1.10 bits per heavy atom. The van der Waals surface area contributed by atoms with E-state index in [4.69, 9.17) is 10.5 Å². The first-order valence-corrected chi connectivity index (χ1v) is 10.6. The highest BCUT2D eigenvalue weighted by molar-refractivity contribution is 6.09. The molecule has 0 bridgehead atoms. The Morgan fingerprint density at radius 2 is 1.65 bits per heavy atom. The van der Waals surface area contributed by atoms with Crippen molar-refractivity contribution in [3.05, 3.63) is 24.3 Å². The summed E-state index contributed by atoms with van der Waals surface area (Å²) in [7, 11) is 0. The third kappa shape index (κ3) is 7.63. The average molecular weight is 433 g/mol. The van der Waals surface area contributed by atoms with Crippen LogP contribution in [0.15, 0.2) is 24.3 Å². The fourth-order valence-electron chi connectivity index (χ4n) is 3.66. The summed E-state index contributed by atoms with van der Waals surface area (Å²) in [6.45, 7) is 14.5. The minimum absolute atomic E-state index is 0.0656. The fraction of sp³-hybridized carbons (Fsp3) is 0.609. The molecule has 0 aliphatic carbocycles. The number of nitrogens with one attached hydrogen (secondary N) is 1. The minimum Gasteiger partial charge on any atom is -0.370 e. The predicted octanol–water partition coefficient (Wildman–Crippen LogP) is 2.24. The summed E-state index contributed by atoms with van der Waals surface area (Å²) >= 11 is 0. The van der Waals surface area contributed by atoms with Crippen molar-refractivity contribution in [2.45, 2.75) is 47.6 Å². The highest BCUT2D eigenvalue weighted by Gasteiger charge is 2.35. The topological polar surface area (TPSA) is 105 Å². The van der Waals surface area contributed by atoms with Gasteiger partial charge in [0.2, 0.25) is 5.91 Å². The van der Waals surface area contributed by atoms with E-state index in [2.05, 4.69) is 46.9 Å². The molecule has 2 rings (SSSR count). The van der Waals surface area contributed by atoms with Crippen molar-refractivity contribution in [2.75, 3.05) is 43.1 Å². The summed E-state index contributed by atoms with van der Waals surface area (Å²) in [6, 6.07) is 5.87. The molecule has 1 atom stereocenters. The first-order valence-electron chi connectivity index (χ1n) is 10.6. The zero-order valence-electron chi connectivity index (χ0n) is 19.5. The number of benzene rings is 1. The second-order valence-electron chi connectivity index (χ2n) is 10.5. The molecular weight excluding hydrogens is 396 g/mol. The molecule has 1 saturated heterocycles. The summed E-state index contributed by atoms with van der Waals surface area (Å²) in [5, 5.41) is 2.81. The van der Waals surface area contributed by atoms with Gasteiger partial charge in [0.05, 0.1) is 6.61 Å². The number of morpholine rings is 1. The smallest absolute Gasteiger partial charge is 0.253 e. The maximum Gasteiger partial charge on any atom is 0.253 e. The lowest BCUT2D eigenvalue weighted by Gasteiger charge is -2.37. The van der Waals surface area contributed by atoms with E-state index < -0.39 is 17.9 Å². The lowest BCUT2D eigenvalue weighted by Crippen LogP contribution is -2.56. The van der Waals surface area contributed by atoms with Gasteiger partial charge in [0.15, 0.2) is 6.04 Å². The van der Waals surface area contributed by atoms with Crippen molar-refractivity contribution in [3.8, 4) is 0 Å². The number of rotatable bonds is 7. The minimum atomic E-state index is -1.08. The molecule has 1 heterocycles. The van der Waals surface area contributed by atoms with Gasteiger partial charge >= 0.3 is 0 Å². The molecule has 1 aliphatic heterocycles. The summed E-state index contributed by atoms with van der Waals surface area (Å²) in [5.74, 6) is -1.24. The molecule has 1 aliphatic rings. The fourth-order valence-corrected chi connectivity index (χ4v) is 3.66. The molecule has 31 heavy (non-hydrogen) atoms. The largest absolute Gasteiger partial charge is 0.370 e. The normalized spacial score (nSPS) is 16.4. The van der Waals surface area contributed by atoms with E-state index in [9.17, 15) is 14.4 Å². The molecule has 3 N–H and O–H groups in total. The quantitative estimate of drug-likeness (QED) is 0.643. The number of primary amides is 1. The van der Waals surface area contributed by atoms with Crippen molar-refractivity contribution in [2.24, 2.45) is 16.6 Å². The van der Waals surface area contributed by atoms with E-state index in [1.54, 1.807) is 29.2 Å². The maximum atomic E-state index is 13.1. The highest BCUT2D eigenvalue weighted by atomic mass is 16.5. The van der Waals surface area contributed by atoms with E-state index in [1.165, 1.54) is 0 Å². The lowest BCUT2D eigenvalue weighted by atomic mass is 9.90. The molecule has 8 nitrogen and oxygen atoms in total. The maximum absolute atomic E-state index is 13.1. The Morgan fingerprint density at radius 3 is 2.10 bits per heavy atom. The Balaban J connectivity index is 2.18. The van der Waals surface area contributed by atoms with Gasteiger partial charge in [-0.15, -0.1) is 0 Å². The van der Waals surface area contributed by atoms with Crippen LogP contribution in [0, 0.1) is 10.8 Å². The number of hydrogen-bond acceptors (Lipinski definition) is 5. The van der Waals surface area contributed by atoms with Crippen LogP contribution >= 0.6 is 0 Å². The van der Waals surface area contributed by atoms with Crippen molar-refractivity contribution in [1.82, 2.24) is 4.90 Å². The van der Waals surface area contributed by atoms with Crippen molar-refractivity contribution in [3.63, 3.8) is 0 Å². The number of ether oxygens (including phenoxy) is 1. The number of amides is 3. The molecule has 8 heteroatoms. The molecule has 0 radical (unpaired) electrons. The average Bonchev–Trinajstić information content (AvgIpc) is 2.60. The van der Waals surface area contributed by atoms with Crippen molar-refractivity contribution < 1.29 is 19.1 Å². The van der Waals surface area contributed by atoms with Crippen LogP contribution in [0.1, 0.15) is 41.5 Å². The standard InChI is InChI=1S/C23H36N4O4/c1-22(2,3)14-26(15-23(4,5)6)19(20(24)29)21(30)25-16-7-9-17(10-8-16)27-11-12-31-13-18(27)28/h7-10,19H,11-15H2,1-6H3,(H2,24,29)(H,25,30)/t19-/m1/s1. The van der Waals surface area contributed by atoms with Gasteiger partial charge in [0, 0.05) is 31.0 Å². The summed E-state index contributed by atoms with van der Waals surface area (Å²) in [4.78, 5) is 40.9. The third-order valence-electron chi connectivity index (χ3n) is 4.67. The van der Waals surface area contributed by atoms with E-state index in [-0.39, 0.29) is 23.3 Å². The third-order valence-corrected chi connectivity index (χ3v) is 4.67.